The Labute approximate surface area is 162 Å². The van der Waals surface area contributed by atoms with Crippen LogP contribution in [0.2, 0.25) is 0 Å². The first kappa shape index (κ1) is 20.9. The van der Waals surface area contributed by atoms with Crippen LogP contribution in [0.3, 0.4) is 0 Å². The van der Waals surface area contributed by atoms with Crippen LogP contribution in [-0.4, -0.2) is 31.2 Å². The standard InChI is InChI=1S/C18H21N3O4S2/c1-12-6-8-14(9-7-12)20-17(22)11-26-13(2)18(23)21-15-4-3-5-16(10-15)27(19,24)25/h3-10,13H,11H2,1-2H3,(H,20,22)(H,21,23)(H2,19,24,25)/t13-/m0/s1. The summed E-state index contributed by atoms with van der Waals surface area (Å²) in [5.74, 6) is -0.436. The van der Waals surface area contributed by atoms with Crippen LogP contribution in [0, 0.1) is 6.92 Å². The number of rotatable bonds is 7. The molecule has 0 aromatic heterocycles. The summed E-state index contributed by atoms with van der Waals surface area (Å²) in [6.45, 7) is 3.63. The highest BCUT2D eigenvalue weighted by molar-refractivity contribution is 8.01. The number of hydrogen-bond acceptors (Lipinski definition) is 5. The summed E-state index contributed by atoms with van der Waals surface area (Å²) in [7, 11) is -3.84. The van der Waals surface area contributed by atoms with Crippen LogP contribution in [0.5, 0.6) is 0 Å². The molecule has 0 saturated carbocycles. The largest absolute Gasteiger partial charge is 0.325 e. The van der Waals surface area contributed by atoms with Gasteiger partial charge in [-0.3, -0.25) is 9.59 Å². The zero-order chi connectivity index (χ0) is 20.0. The third kappa shape index (κ3) is 6.70. The van der Waals surface area contributed by atoms with E-state index in [1.54, 1.807) is 13.0 Å². The maximum atomic E-state index is 12.2. The van der Waals surface area contributed by atoms with Gasteiger partial charge in [0.2, 0.25) is 21.8 Å². The molecule has 27 heavy (non-hydrogen) atoms. The van der Waals surface area contributed by atoms with E-state index in [1.807, 2.05) is 31.2 Å². The molecule has 2 aromatic carbocycles. The fourth-order valence-electron chi connectivity index (χ4n) is 2.11. The molecule has 0 radical (unpaired) electrons. The third-order valence-electron chi connectivity index (χ3n) is 3.60. The second-order valence-electron chi connectivity index (χ2n) is 5.93. The Bertz CT molecular complexity index is 928. The molecule has 0 aliphatic carbocycles. The average molecular weight is 408 g/mol. The molecule has 2 rings (SSSR count). The molecular weight excluding hydrogens is 386 g/mol. The Hall–Kier alpha value is -2.36. The van der Waals surface area contributed by atoms with Crippen LogP contribution < -0.4 is 15.8 Å². The average Bonchev–Trinajstić information content (AvgIpc) is 2.61. The molecule has 9 heteroatoms. The number of nitrogens with one attached hydrogen (secondary N) is 2. The van der Waals surface area contributed by atoms with E-state index in [4.69, 9.17) is 5.14 Å². The number of nitrogens with two attached hydrogens (primary N) is 1. The van der Waals surface area contributed by atoms with Gasteiger partial charge in [-0.2, -0.15) is 0 Å². The van der Waals surface area contributed by atoms with Crippen molar-refractivity contribution in [3.05, 3.63) is 54.1 Å². The van der Waals surface area contributed by atoms with E-state index in [0.717, 1.165) is 5.56 Å². The first-order chi connectivity index (χ1) is 12.6. The van der Waals surface area contributed by atoms with E-state index >= 15 is 0 Å². The van der Waals surface area contributed by atoms with E-state index in [2.05, 4.69) is 10.6 Å². The fraction of sp³-hybridized carbons (Fsp3) is 0.222. The molecule has 0 fully saturated rings. The van der Waals surface area contributed by atoms with Crippen LogP contribution in [0.15, 0.2) is 53.4 Å². The molecule has 7 nitrogen and oxygen atoms in total. The highest BCUT2D eigenvalue weighted by atomic mass is 32.2. The smallest absolute Gasteiger partial charge is 0.238 e. The Morgan fingerprint density at radius 2 is 1.74 bits per heavy atom. The van der Waals surface area contributed by atoms with Crippen molar-refractivity contribution in [1.82, 2.24) is 0 Å². The fourth-order valence-corrected chi connectivity index (χ4v) is 3.35. The molecule has 0 unspecified atom stereocenters. The molecule has 0 bridgehead atoms. The normalized spacial score (nSPS) is 12.3. The number of anilines is 2. The quantitative estimate of drug-likeness (QED) is 0.651. The van der Waals surface area contributed by atoms with Crippen molar-refractivity contribution >= 4 is 45.0 Å². The summed E-state index contributed by atoms with van der Waals surface area (Å²) in [4.78, 5) is 24.1. The summed E-state index contributed by atoms with van der Waals surface area (Å²) in [6, 6.07) is 13.1. The predicted molar refractivity (Wildman–Crippen MR) is 108 cm³/mol. The van der Waals surface area contributed by atoms with Crippen LogP contribution in [-0.2, 0) is 19.6 Å². The number of hydrogen-bond donors (Lipinski definition) is 3. The first-order valence-corrected chi connectivity index (χ1v) is 10.7. The van der Waals surface area contributed by atoms with E-state index in [0.29, 0.717) is 11.4 Å². The van der Waals surface area contributed by atoms with Crippen LogP contribution in [0.4, 0.5) is 11.4 Å². The Morgan fingerprint density at radius 1 is 1.07 bits per heavy atom. The maximum absolute atomic E-state index is 12.2. The van der Waals surface area contributed by atoms with Gasteiger partial charge in [0.15, 0.2) is 0 Å². The van der Waals surface area contributed by atoms with Crippen molar-refractivity contribution in [3.63, 3.8) is 0 Å². The first-order valence-electron chi connectivity index (χ1n) is 8.07. The minimum absolute atomic E-state index is 0.0851. The van der Waals surface area contributed by atoms with Gasteiger partial charge in [0.25, 0.3) is 0 Å². The lowest BCUT2D eigenvalue weighted by Crippen LogP contribution is -2.25. The van der Waals surface area contributed by atoms with Gasteiger partial charge in [0, 0.05) is 11.4 Å². The Morgan fingerprint density at radius 3 is 2.37 bits per heavy atom. The van der Waals surface area contributed by atoms with Gasteiger partial charge >= 0.3 is 0 Å². The second kappa shape index (κ2) is 9.03. The van der Waals surface area contributed by atoms with Gasteiger partial charge in [-0.1, -0.05) is 23.8 Å². The highest BCUT2D eigenvalue weighted by Crippen LogP contribution is 2.18. The molecule has 2 aromatic rings. The number of carbonyl (C=O) groups excluding carboxylic acids is 2. The Kier molecular flexibility index (Phi) is 7.00. The van der Waals surface area contributed by atoms with E-state index < -0.39 is 15.3 Å². The molecule has 0 aliphatic rings. The van der Waals surface area contributed by atoms with Gasteiger partial charge < -0.3 is 10.6 Å². The number of carbonyl (C=O) groups is 2. The van der Waals surface area contributed by atoms with Gasteiger partial charge in [-0.25, -0.2) is 13.6 Å². The topological polar surface area (TPSA) is 118 Å². The molecule has 0 spiro atoms. The zero-order valence-electron chi connectivity index (χ0n) is 14.9. The molecule has 0 heterocycles. The summed E-state index contributed by atoms with van der Waals surface area (Å²) in [5.41, 5.74) is 2.12. The van der Waals surface area contributed by atoms with Gasteiger partial charge in [-0.15, -0.1) is 11.8 Å². The lowest BCUT2D eigenvalue weighted by molar-refractivity contribution is -0.115. The zero-order valence-corrected chi connectivity index (χ0v) is 16.6. The summed E-state index contributed by atoms with van der Waals surface area (Å²) >= 11 is 1.18. The van der Waals surface area contributed by atoms with Crippen molar-refractivity contribution in [1.29, 1.82) is 0 Å². The number of benzene rings is 2. The predicted octanol–water partition coefficient (Wildman–Crippen LogP) is 2.34. The number of primary sulfonamides is 1. The number of amides is 2. The molecule has 144 valence electrons. The SMILES string of the molecule is Cc1ccc(NC(=O)CS[C@@H](C)C(=O)Nc2cccc(S(N)(=O)=O)c2)cc1. The number of thioether (sulfide) groups is 1. The summed E-state index contributed by atoms with van der Waals surface area (Å²) < 4.78 is 22.7. The number of sulfonamides is 1. The van der Waals surface area contributed by atoms with Crippen LogP contribution >= 0.6 is 11.8 Å². The molecule has 2 amide bonds. The van der Waals surface area contributed by atoms with Crippen molar-refractivity contribution in [2.45, 2.75) is 24.0 Å². The minimum atomic E-state index is -3.84. The van der Waals surface area contributed by atoms with E-state index in [1.165, 1.54) is 30.0 Å². The molecule has 0 saturated heterocycles. The molecule has 4 N–H and O–H groups in total. The van der Waals surface area contributed by atoms with Gasteiger partial charge in [0.1, 0.15) is 0 Å². The van der Waals surface area contributed by atoms with E-state index in [-0.39, 0.29) is 22.5 Å². The maximum Gasteiger partial charge on any atom is 0.238 e. The van der Waals surface area contributed by atoms with Gasteiger partial charge in [0.05, 0.1) is 15.9 Å². The Balaban J connectivity index is 1.86. The third-order valence-corrected chi connectivity index (χ3v) is 5.65. The lowest BCUT2D eigenvalue weighted by atomic mass is 10.2. The number of aryl methyl sites for hydroxylation is 1. The summed E-state index contributed by atoms with van der Waals surface area (Å²) in [5, 5.41) is 9.96. The van der Waals surface area contributed by atoms with Crippen LogP contribution in [0.1, 0.15) is 12.5 Å². The molecular formula is C18H21N3O4S2. The van der Waals surface area contributed by atoms with Gasteiger partial charge in [-0.05, 0) is 44.2 Å². The van der Waals surface area contributed by atoms with E-state index in [9.17, 15) is 18.0 Å². The van der Waals surface area contributed by atoms with Crippen molar-refractivity contribution < 1.29 is 18.0 Å². The molecule has 0 aliphatic heterocycles. The minimum Gasteiger partial charge on any atom is -0.325 e. The van der Waals surface area contributed by atoms with Crippen molar-refractivity contribution in [2.24, 2.45) is 5.14 Å². The second-order valence-corrected chi connectivity index (χ2v) is 8.82. The van der Waals surface area contributed by atoms with Crippen molar-refractivity contribution in [2.75, 3.05) is 16.4 Å². The summed E-state index contributed by atoms with van der Waals surface area (Å²) in [6.07, 6.45) is 0. The lowest BCUT2D eigenvalue weighted by Gasteiger charge is -2.12. The molecule has 1 atom stereocenters. The van der Waals surface area contributed by atoms with Crippen LogP contribution in [0.25, 0.3) is 0 Å². The monoisotopic (exact) mass is 407 g/mol. The van der Waals surface area contributed by atoms with Crippen molar-refractivity contribution in [3.8, 4) is 0 Å². The highest BCUT2D eigenvalue weighted by Gasteiger charge is 2.16.